The number of benzene rings is 3. The van der Waals surface area contributed by atoms with Gasteiger partial charge in [0.05, 0.1) is 24.8 Å². The molecule has 2 amide bonds. The van der Waals surface area contributed by atoms with Crippen LogP contribution in [-0.2, 0) is 26.2 Å². The number of nitrogens with zero attached hydrogens (tertiary/aromatic N) is 2. The molecule has 0 heterocycles. The molecule has 9 nitrogen and oxygen atoms in total. The van der Waals surface area contributed by atoms with Crippen molar-refractivity contribution in [2.45, 2.75) is 62.6 Å². The van der Waals surface area contributed by atoms with Crippen LogP contribution in [-0.4, -0.2) is 58.0 Å². The van der Waals surface area contributed by atoms with Gasteiger partial charge >= 0.3 is 0 Å². The second kappa shape index (κ2) is 14.2. The van der Waals surface area contributed by atoms with Gasteiger partial charge in [0.25, 0.3) is 10.0 Å². The first kappa shape index (κ1) is 30.9. The molecule has 4 rings (SSSR count). The number of amides is 2. The topological polar surface area (TPSA) is 105 Å². The largest absolute Gasteiger partial charge is 0.497 e. The molecule has 0 bridgehead atoms. The number of para-hydroxylation sites is 2. The number of nitrogens with one attached hydrogen (secondary N) is 1. The van der Waals surface area contributed by atoms with Crippen molar-refractivity contribution in [3.63, 3.8) is 0 Å². The quantitative estimate of drug-likeness (QED) is 0.325. The van der Waals surface area contributed by atoms with Gasteiger partial charge in [-0.2, -0.15) is 0 Å². The van der Waals surface area contributed by atoms with E-state index < -0.39 is 28.5 Å². The van der Waals surface area contributed by atoms with Gasteiger partial charge in [0, 0.05) is 12.6 Å². The van der Waals surface area contributed by atoms with Crippen molar-refractivity contribution in [3.8, 4) is 11.5 Å². The van der Waals surface area contributed by atoms with Crippen LogP contribution in [0.4, 0.5) is 5.69 Å². The zero-order chi connectivity index (χ0) is 30.1. The van der Waals surface area contributed by atoms with Crippen LogP contribution in [0.2, 0.25) is 0 Å². The molecular weight excluding hydrogens is 554 g/mol. The van der Waals surface area contributed by atoms with Crippen LogP contribution < -0.4 is 19.1 Å². The van der Waals surface area contributed by atoms with E-state index in [1.165, 1.54) is 24.1 Å². The molecule has 3 aromatic carbocycles. The first-order valence-corrected chi connectivity index (χ1v) is 15.6. The number of rotatable bonds is 12. The Balaban J connectivity index is 1.70. The van der Waals surface area contributed by atoms with Crippen molar-refractivity contribution in [2.75, 3.05) is 25.1 Å². The Morgan fingerprint density at radius 3 is 2.29 bits per heavy atom. The Morgan fingerprint density at radius 1 is 0.905 bits per heavy atom. The predicted octanol–water partition coefficient (Wildman–Crippen LogP) is 4.77. The lowest BCUT2D eigenvalue weighted by molar-refractivity contribution is -0.139. The summed E-state index contributed by atoms with van der Waals surface area (Å²) in [5, 5.41) is 3.11. The summed E-state index contributed by atoms with van der Waals surface area (Å²) in [6.07, 6.45) is 5.06. The Morgan fingerprint density at radius 2 is 1.60 bits per heavy atom. The minimum absolute atomic E-state index is 0.0335. The van der Waals surface area contributed by atoms with Gasteiger partial charge in [-0.15, -0.1) is 0 Å². The van der Waals surface area contributed by atoms with E-state index in [-0.39, 0.29) is 29.1 Å². The zero-order valence-corrected chi connectivity index (χ0v) is 25.2. The lowest BCUT2D eigenvalue weighted by atomic mass is 9.95. The van der Waals surface area contributed by atoms with Crippen molar-refractivity contribution >= 4 is 27.5 Å². The normalized spacial score (nSPS) is 14.5. The molecule has 42 heavy (non-hydrogen) atoms. The molecular formula is C32H39N3O6S. The first-order chi connectivity index (χ1) is 20.2. The highest BCUT2D eigenvalue weighted by Gasteiger charge is 2.34. The lowest BCUT2D eigenvalue weighted by Crippen LogP contribution is -2.53. The monoisotopic (exact) mass is 593 g/mol. The van der Waals surface area contributed by atoms with E-state index in [1.54, 1.807) is 68.6 Å². The van der Waals surface area contributed by atoms with Crippen LogP contribution in [0.15, 0.2) is 83.8 Å². The van der Waals surface area contributed by atoms with Gasteiger partial charge in [-0.25, -0.2) is 8.42 Å². The maximum atomic E-state index is 14.2. The lowest BCUT2D eigenvalue weighted by Gasteiger charge is -2.33. The third-order valence-corrected chi connectivity index (χ3v) is 9.34. The van der Waals surface area contributed by atoms with Crippen molar-refractivity contribution in [1.82, 2.24) is 10.2 Å². The third-order valence-electron chi connectivity index (χ3n) is 7.57. The molecule has 0 saturated heterocycles. The number of carbonyl (C=O) groups excluding carboxylic acids is 2. The predicted molar refractivity (Wildman–Crippen MR) is 162 cm³/mol. The summed E-state index contributed by atoms with van der Waals surface area (Å²) in [4.78, 5) is 29.1. The fraction of sp³-hybridized carbons (Fsp3) is 0.375. The molecule has 10 heteroatoms. The summed E-state index contributed by atoms with van der Waals surface area (Å²) in [5.74, 6) is 0.108. The molecule has 224 valence electrons. The van der Waals surface area contributed by atoms with E-state index in [1.807, 2.05) is 12.1 Å². The Kier molecular flexibility index (Phi) is 10.5. The molecule has 1 aliphatic carbocycles. The van der Waals surface area contributed by atoms with Gasteiger partial charge < -0.3 is 19.7 Å². The van der Waals surface area contributed by atoms with Gasteiger partial charge in [-0.1, -0.05) is 61.7 Å². The van der Waals surface area contributed by atoms with Crippen LogP contribution in [0.5, 0.6) is 11.5 Å². The molecule has 0 radical (unpaired) electrons. The smallest absolute Gasteiger partial charge is 0.264 e. The highest BCUT2D eigenvalue weighted by atomic mass is 32.2. The van der Waals surface area contributed by atoms with E-state index in [9.17, 15) is 18.0 Å². The summed E-state index contributed by atoms with van der Waals surface area (Å²) < 4.78 is 39.8. The number of hydrogen-bond donors (Lipinski definition) is 1. The molecule has 1 fully saturated rings. The van der Waals surface area contributed by atoms with Gasteiger partial charge in [-0.3, -0.25) is 13.9 Å². The number of anilines is 1. The second-order valence-electron chi connectivity index (χ2n) is 10.4. The molecule has 0 spiro atoms. The molecule has 1 unspecified atom stereocenters. The average Bonchev–Trinajstić information content (AvgIpc) is 3.03. The Hall–Kier alpha value is -4.05. The fourth-order valence-corrected chi connectivity index (χ4v) is 6.63. The maximum Gasteiger partial charge on any atom is 0.264 e. The maximum absolute atomic E-state index is 14.2. The highest BCUT2D eigenvalue weighted by molar-refractivity contribution is 7.92. The Labute approximate surface area is 248 Å². The van der Waals surface area contributed by atoms with E-state index in [0.29, 0.717) is 11.5 Å². The van der Waals surface area contributed by atoms with Crippen molar-refractivity contribution in [3.05, 3.63) is 84.4 Å². The van der Waals surface area contributed by atoms with Crippen molar-refractivity contribution in [2.24, 2.45) is 0 Å². The van der Waals surface area contributed by atoms with Crippen LogP contribution >= 0.6 is 0 Å². The first-order valence-electron chi connectivity index (χ1n) is 14.2. The molecule has 1 N–H and O–H groups in total. The van der Waals surface area contributed by atoms with Crippen molar-refractivity contribution in [1.29, 1.82) is 0 Å². The van der Waals surface area contributed by atoms with Gasteiger partial charge in [-0.05, 0) is 61.7 Å². The van der Waals surface area contributed by atoms with Gasteiger partial charge in [0.1, 0.15) is 24.1 Å². The standard InChI is InChI=1S/C32H39N3O6S/c1-24(32(37)33-26-14-6-4-7-15-26)34(22-25-13-12-16-27(21-25)40-2)31(36)23-35(29-19-10-11-20-30(29)41-3)42(38,39)28-17-8-5-9-18-28/h5,8-13,16-21,24,26H,4,6-7,14-15,22-23H2,1-3H3,(H,33,37). The van der Waals surface area contributed by atoms with Crippen molar-refractivity contribution < 1.29 is 27.5 Å². The Bertz CT molecular complexity index is 1460. The molecule has 1 aliphatic rings. The van der Waals surface area contributed by atoms with E-state index in [0.717, 1.165) is 42.0 Å². The molecule has 1 saturated carbocycles. The van der Waals surface area contributed by atoms with E-state index in [4.69, 9.17) is 9.47 Å². The number of sulfonamides is 1. The van der Waals surface area contributed by atoms with Crippen LogP contribution in [0.3, 0.4) is 0 Å². The number of methoxy groups -OCH3 is 2. The minimum atomic E-state index is -4.18. The third kappa shape index (κ3) is 7.42. The number of carbonyl (C=O) groups is 2. The number of ether oxygens (including phenoxy) is 2. The zero-order valence-electron chi connectivity index (χ0n) is 24.4. The summed E-state index contributed by atoms with van der Waals surface area (Å²) >= 11 is 0. The van der Waals surface area contributed by atoms with Gasteiger partial charge in [0.2, 0.25) is 11.8 Å². The summed E-state index contributed by atoms with van der Waals surface area (Å²) in [6, 6.07) is 21.0. The van der Waals surface area contributed by atoms with Gasteiger partial charge in [0.15, 0.2) is 0 Å². The van der Waals surface area contributed by atoms with E-state index in [2.05, 4.69) is 5.32 Å². The fourth-order valence-electron chi connectivity index (χ4n) is 5.19. The SMILES string of the molecule is COc1cccc(CN(C(=O)CN(c2ccccc2OC)S(=O)(=O)c2ccccc2)C(C)C(=O)NC2CCCCC2)c1. The summed E-state index contributed by atoms with van der Waals surface area (Å²) in [5.41, 5.74) is 0.965. The highest BCUT2D eigenvalue weighted by Crippen LogP contribution is 2.32. The molecule has 0 aromatic heterocycles. The average molecular weight is 594 g/mol. The number of hydrogen-bond acceptors (Lipinski definition) is 6. The molecule has 1 atom stereocenters. The van der Waals surface area contributed by atoms with Crippen LogP contribution in [0, 0.1) is 0 Å². The second-order valence-corrected chi connectivity index (χ2v) is 12.3. The summed E-state index contributed by atoms with van der Waals surface area (Å²) in [7, 11) is -1.18. The van der Waals surface area contributed by atoms with Crippen LogP contribution in [0.25, 0.3) is 0 Å². The van der Waals surface area contributed by atoms with E-state index >= 15 is 0 Å². The molecule has 3 aromatic rings. The molecule has 0 aliphatic heterocycles. The van der Waals surface area contributed by atoms with Crippen LogP contribution in [0.1, 0.15) is 44.6 Å². The minimum Gasteiger partial charge on any atom is -0.497 e. The summed E-state index contributed by atoms with van der Waals surface area (Å²) in [6.45, 7) is 1.22.